The number of rotatable bonds is 5. The van der Waals surface area contributed by atoms with Gasteiger partial charge in [0.25, 0.3) is 0 Å². The fourth-order valence-corrected chi connectivity index (χ4v) is 2.03. The van der Waals surface area contributed by atoms with Crippen LogP contribution in [0.15, 0.2) is 24.3 Å². The van der Waals surface area contributed by atoms with Crippen molar-refractivity contribution >= 4 is 6.29 Å². The zero-order valence-electron chi connectivity index (χ0n) is 9.04. The third-order valence-corrected chi connectivity index (χ3v) is 2.99. The predicted molar refractivity (Wildman–Crippen MR) is 60.1 cm³/mol. The topological polar surface area (TPSA) is 17.1 Å². The van der Waals surface area contributed by atoms with Crippen LogP contribution in [0, 0.1) is 11.8 Å². The first-order chi connectivity index (χ1) is 6.74. The highest BCUT2D eigenvalue weighted by atomic mass is 16.1. The molecule has 0 saturated carbocycles. The Balaban J connectivity index is 2.40. The van der Waals surface area contributed by atoms with Crippen molar-refractivity contribution in [3.05, 3.63) is 24.3 Å². The van der Waals surface area contributed by atoms with Crippen molar-refractivity contribution in [3.8, 4) is 0 Å². The van der Waals surface area contributed by atoms with Crippen LogP contribution in [0.2, 0.25) is 0 Å². The molecule has 0 amide bonds. The molecule has 0 spiro atoms. The molecule has 0 aliphatic heterocycles. The maximum absolute atomic E-state index is 11.0. The second-order valence-corrected chi connectivity index (χ2v) is 4.34. The molecule has 0 aromatic carbocycles. The molecule has 14 heavy (non-hydrogen) atoms. The fraction of sp³-hybridized carbons (Fsp3) is 0.615. The van der Waals surface area contributed by atoms with Crippen molar-refractivity contribution in [2.24, 2.45) is 11.8 Å². The van der Waals surface area contributed by atoms with E-state index < -0.39 is 0 Å². The Labute approximate surface area is 86.9 Å². The van der Waals surface area contributed by atoms with E-state index in [-0.39, 0.29) is 5.92 Å². The molecule has 78 valence electrons. The second kappa shape index (κ2) is 5.79. The molecular formula is C13H20O. The van der Waals surface area contributed by atoms with Gasteiger partial charge in [0.05, 0.1) is 0 Å². The van der Waals surface area contributed by atoms with E-state index in [2.05, 4.69) is 18.7 Å². The lowest BCUT2D eigenvalue weighted by Gasteiger charge is -2.23. The van der Waals surface area contributed by atoms with E-state index in [9.17, 15) is 4.79 Å². The van der Waals surface area contributed by atoms with Gasteiger partial charge in [-0.2, -0.15) is 0 Å². The summed E-state index contributed by atoms with van der Waals surface area (Å²) in [6.45, 7) is 5.91. The molecule has 2 atom stereocenters. The van der Waals surface area contributed by atoms with Crippen LogP contribution in [0.4, 0.5) is 0 Å². The first-order valence-electron chi connectivity index (χ1n) is 5.48. The first kappa shape index (κ1) is 11.2. The minimum Gasteiger partial charge on any atom is -0.303 e. The van der Waals surface area contributed by atoms with Gasteiger partial charge in [-0.3, -0.25) is 0 Å². The molecule has 0 radical (unpaired) electrons. The average molecular weight is 192 g/mol. The van der Waals surface area contributed by atoms with Crippen LogP contribution < -0.4 is 0 Å². The van der Waals surface area contributed by atoms with Gasteiger partial charge in [-0.25, -0.2) is 0 Å². The van der Waals surface area contributed by atoms with E-state index in [1.54, 1.807) is 0 Å². The van der Waals surface area contributed by atoms with Gasteiger partial charge in [-0.1, -0.05) is 17.7 Å². The van der Waals surface area contributed by atoms with E-state index in [4.69, 9.17) is 0 Å². The van der Waals surface area contributed by atoms with Crippen molar-refractivity contribution < 1.29 is 4.79 Å². The van der Waals surface area contributed by atoms with Crippen LogP contribution in [0.5, 0.6) is 0 Å². The van der Waals surface area contributed by atoms with Gasteiger partial charge in [0.2, 0.25) is 0 Å². The number of hydrogen-bond donors (Lipinski definition) is 0. The molecule has 1 aliphatic carbocycles. The summed E-state index contributed by atoms with van der Waals surface area (Å²) in [7, 11) is 0. The number of carbonyl (C=O) groups excluding carboxylic acids is 1. The van der Waals surface area contributed by atoms with E-state index in [0.29, 0.717) is 5.92 Å². The Morgan fingerprint density at radius 3 is 2.93 bits per heavy atom. The van der Waals surface area contributed by atoms with Crippen LogP contribution >= 0.6 is 0 Å². The van der Waals surface area contributed by atoms with Crippen molar-refractivity contribution in [2.45, 2.75) is 39.0 Å². The Morgan fingerprint density at radius 2 is 2.43 bits per heavy atom. The number of carbonyl (C=O) groups is 1. The van der Waals surface area contributed by atoms with E-state index in [1.165, 1.54) is 12.0 Å². The third-order valence-electron chi connectivity index (χ3n) is 2.99. The van der Waals surface area contributed by atoms with Gasteiger partial charge < -0.3 is 4.79 Å². The Morgan fingerprint density at radius 1 is 1.64 bits per heavy atom. The fourth-order valence-electron chi connectivity index (χ4n) is 2.03. The number of aldehydes is 1. The summed E-state index contributed by atoms with van der Waals surface area (Å²) in [5, 5.41) is 0. The minimum absolute atomic E-state index is 0.247. The number of allylic oxidation sites excluding steroid dienone is 3. The molecule has 1 nitrogen and oxygen atoms in total. The van der Waals surface area contributed by atoms with Crippen LogP contribution in [0.1, 0.15) is 39.0 Å². The Hall–Kier alpha value is -0.850. The summed E-state index contributed by atoms with van der Waals surface area (Å²) in [6.07, 6.45) is 11.0. The van der Waals surface area contributed by atoms with Crippen molar-refractivity contribution in [2.75, 3.05) is 0 Å². The molecule has 1 aliphatic rings. The second-order valence-electron chi connectivity index (χ2n) is 4.34. The lowest BCUT2D eigenvalue weighted by atomic mass is 9.81. The molecule has 0 fully saturated rings. The standard InChI is InChI=1S/C13H20O/c1-11(2)8-9-13(10-14)12-6-4-3-5-7-12/h3-4,10,12-13H,1,5-9H2,2H3. The first-order valence-corrected chi connectivity index (χ1v) is 5.48. The quantitative estimate of drug-likeness (QED) is 0.481. The molecule has 0 aromatic rings. The summed E-state index contributed by atoms with van der Waals surface area (Å²) < 4.78 is 0. The number of hydrogen-bond acceptors (Lipinski definition) is 1. The largest absolute Gasteiger partial charge is 0.303 e. The molecule has 2 unspecified atom stereocenters. The highest BCUT2D eigenvalue weighted by molar-refractivity contribution is 5.54. The molecule has 0 saturated heterocycles. The molecule has 0 aromatic heterocycles. The Kier molecular flexibility index (Phi) is 4.64. The van der Waals surface area contributed by atoms with Crippen LogP contribution in [0.3, 0.4) is 0 Å². The normalized spacial score (nSPS) is 23.1. The monoisotopic (exact) mass is 192 g/mol. The lowest BCUT2D eigenvalue weighted by Crippen LogP contribution is -2.17. The van der Waals surface area contributed by atoms with Crippen LogP contribution in [-0.2, 0) is 4.79 Å². The lowest BCUT2D eigenvalue weighted by molar-refractivity contribution is -0.112. The summed E-state index contributed by atoms with van der Waals surface area (Å²) >= 11 is 0. The highest BCUT2D eigenvalue weighted by Gasteiger charge is 2.20. The summed E-state index contributed by atoms with van der Waals surface area (Å²) in [5.74, 6) is 0.827. The molecule has 1 heteroatoms. The minimum atomic E-state index is 0.247. The maximum Gasteiger partial charge on any atom is 0.123 e. The SMILES string of the molecule is C=C(C)CCC(C=O)C1CC=CCC1. The Bertz CT molecular complexity index is 227. The van der Waals surface area contributed by atoms with Crippen LogP contribution in [-0.4, -0.2) is 6.29 Å². The third kappa shape index (κ3) is 3.49. The van der Waals surface area contributed by atoms with Gasteiger partial charge in [-0.15, -0.1) is 6.58 Å². The van der Waals surface area contributed by atoms with Gasteiger partial charge in [0.15, 0.2) is 0 Å². The smallest absolute Gasteiger partial charge is 0.123 e. The molecular weight excluding hydrogens is 172 g/mol. The zero-order chi connectivity index (χ0) is 10.4. The van der Waals surface area contributed by atoms with E-state index in [1.807, 2.05) is 6.92 Å². The maximum atomic E-state index is 11.0. The average Bonchev–Trinajstić information content (AvgIpc) is 2.20. The summed E-state index contributed by atoms with van der Waals surface area (Å²) in [5.41, 5.74) is 1.18. The van der Waals surface area contributed by atoms with Gasteiger partial charge in [0, 0.05) is 5.92 Å². The van der Waals surface area contributed by atoms with E-state index >= 15 is 0 Å². The zero-order valence-corrected chi connectivity index (χ0v) is 9.04. The van der Waals surface area contributed by atoms with Crippen molar-refractivity contribution in [1.29, 1.82) is 0 Å². The highest BCUT2D eigenvalue weighted by Crippen LogP contribution is 2.28. The van der Waals surface area contributed by atoms with Crippen molar-refractivity contribution in [3.63, 3.8) is 0 Å². The van der Waals surface area contributed by atoms with Crippen molar-refractivity contribution in [1.82, 2.24) is 0 Å². The van der Waals surface area contributed by atoms with E-state index in [0.717, 1.165) is 32.0 Å². The van der Waals surface area contributed by atoms with Crippen LogP contribution in [0.25, 0.3) is 0 Å². The molecule has 1 rings (SSSR count). The van der Waals surface area contributed by atoms with Gasteiger partial charge in [-0.05, 0) is 44.9 Å². The molecule has 0 bridgehead atoms. The van der Waals surface area contributed by atoms with Gasteiger partial charge in [0.1, 0.15) is 6.29 Å². The molecule has 0 N–H and O–H groups in total. The predicted octanol–water partition coefficient (Wildman–Crippen LogP) is 3.51. The summed E-state index contributed by atoms with van der Waals surface area (Å²) in [6, 6.07) is 0. The molecule has 0 heterocycles. The van der Waals surface area contributed by atoms with Gasteiger partial charge >= 0.3 is 0 Å². The summed E-state index contributed by atoms with van der Waals surface area (Å²) in [4.78, 5) is 11.0.